The Morgan fingerprint density at radius 2 is 1.74 bits per heavy atom. The van der Waals surface area contributed by atoms with Crippen LogP contribution in [0, 0.1) is 5.92 Å². The highest BCUT2D eigenvalue weighted by atomic mass is 32.1. The lowest BCUT2D eigenvalue weighted by Gasteiger charge is -2.20. The summed E-state index contributed by atoms with van der Waals surface area (Å²) in [4.78, 5) is 0. The lowest BCUT2D eigenvalue weighted by atomic mass is 9.86. The average molecular weight is 275 g/mol. The quantitative estimate of drug-likeness (QED) is 0.904. The molecule has 1 heterocycles. The molecule has 0 bridgehead atoms. The van der Waals surface area contributed by atoms with Gasteiger partial charge in [-0.1, -0.05) is 61.9 Å². The van der Waals surface area contributed by atoms with E-state index in [2.05, 4.69) is 48.3 Å². The lowest BCUT2D eigenvalue weighted by Crippen LogP contribution is -2.10. The fourth-order valence-electron chi connectivity index (χ4n) is 2.17. The minimum Gasteiger partial charge on any atom is -0.322 e. The van der Waals surface area contributed by atoms with Crippen molar-refractivity contribution in [1.82, 2.24) is 10.2 Å². The number of nitrogens with zero attached hydrogens (tertiary/aromatic N) is 2. The summed E-state index contributed by atoms with van der Waals surface area (Å²) in [7, 11) is 0. The van der Waals surface area contributed by atoms with E-state index in [1.807, 2.05) is 13.0 Å². The molecule has 2 rings (SSSR count). The zero-order valence-electron chi connectivity index (χ0n) is 11.7. The molecule has 1 aromatic carbocycles. The number of rotatable bonds is 5. The maximum atomic E-state index is 5.88. The predicted octanol–water partition coefficient (Wildman–Crippen LogP) is 3.74. The van der Waals surface area contributed by atoms with Crippen LogP contribution >= 0.6 is 11.3 Å². The van der Waals surface area contributed by atoms with Gasteiger partial charge in [0.2, 0.25) is 0 Å². The van der Waals surface area contributed by atoms with Gasteiger partial charge < -0.3 is 5.73 Å². The zero-order valence-corrected chi connectivity index (χ0v) is 12.5. The fourth-order valence-corrected chi connectivity index (χ4v) is 3.23. The molecule has 0 fully saturated rings. The Labute approximate surface area is 118 Å². The molecule has 1 aromatic heterocycles. The van der Waals surface area contributed by atoms with Crippen molar-refractivity contribution in [3.63, 3.8) is 0 Å². The molecule has 0 aliphatic heterocycles. The number of hydrogen-bond donors (Lipinski definition) is 1. The summed E-state index contributed by atoms with van der Waals surface area (Å²) < 4.78 is 0. The van der Waals surface area contributed by atoms with E-state index < -0.39 is 0 Å². The molecule has 0 saturated carbocycles. The van der Waals surface area contributed by atoms with Crippen LogP contribution in [-0.4, -0.2) is 10.2 Å². The van der Waals surface area contributed by atoms with Gasteiger partial charge >= 0.3 is 0 Å². The fraction of sp³-hybridized carbons (Fsp3) is 0.467. The molecule has 2 N–H and O–H groups in total. The van der Waals surface area contributed by atoms with Gasteiger partial charge in [0.15, 0.2) is 0 Å². The average Bonchev–Trinajstić information content (AvgIpc) is 2.89. The second kappa shape index (κ2) is 6.26. The summed E-state index contributed by atoms with van der Waals surface area (Å²) in [5.74, 6) is 0.854. The highest BCUT2D eigenvalue weighted by molar-refractivity contribution is 7.11. The molecule has 4 heteroatoms. The molecule has 102 valence electrons. The van der Waals surface area contributed by atoms with Gasteiger partial charge in [0.05, 0.1) is 6.04 Å². The third kappa shape index (κ3) is 3.19. The van der Waals surface area contributed by atoms with Crippen LogP contribution in [0.3, 0.4) is 0 Å². The molecule has 0 aliphatic carbocycles. The highest BCUT2D eigenvalue weighted by Crippen LogP contribution is 2.35. The minimum absolute atomic E-state index is 0.0420. The normalized spacial score (nSPS) is 16.0. The Bertz CT molecular complexity index is 507. The van der Waals surface area contributed by atoms with Crippen LogP contribution in [-0.2, 0) is 0 Å². The van der Waals surface area contributed by atoms with Gasteiger partial charge in [0, 0.05) is 5.92 Å². The molecule has 3 nitrogen and oxygen atoms in total. The first-order valence-electron chi connectivity index (χ1n) is 6.77. The van der Waals surface area contributed by atoms with Crippen LogP contribution in [0.2, 0.25) is 0 Å². The van der Waals surface area contributed by atoms with Crippen molar-refractivity contribution in [1.29, 1.82) is 0 Å². The van der Waals surface area contributed by atoms with Gasteiger partial charge in [-0.05, 0) is 18.4 Å². The third-order valence-electron chi connectivity index (χ3n) is 3.48. The Morgan fingerprint density at radius 1 is 1.11 bits per heavy atom. The second-order valence-corrected chi connectivity index (χ2v) is 6.08. The van der Waals surface area contributed by atoms with E-state index in [0.29, 0.717) is 11.8 Å². The second-order valence-electron chi connectivity index (χ2n) is 5.04. The van der Waals surface area contributed by atoms with Crippen LogP contribution in [0.15, 0.2) is 30.3 Å². The number of hydrogen-bond acceptors (Lipinski definition) is 4. The maximum Gasteiger partial charge on any atom is 0.133 e. The van der Waals surface area contributed by atoms with Crippen molar-refractivity contribution in [3.8, 4) is 0 Å². The van der Waals surface area contributed by atoms with Gasteiger partial charge in [-0.15, -0.1) is 10.2 Å². The SMILES string of the molecule is CCC(C)C(c1ccccc1)c1nnc(C(C)N)s1. The van der Waals surface area contributed by atoms with Gasteiger partial charge in [0.1, 0.15) is 10.0 Å². The highest BCUT2D eigenvalue weighted by Gasteiger charge is 2.24. The Balaban J connectivity index is 2.37. The van der Waals surface area contributed by atoms with Crippen LogP contribution < -0.4 is 5.73 Å². The summed E-state index contributed by atoms with van der Waals surface area (Å²) in [5, 5.41) is 10.6. The topological polar surface area (TPSA) is 51.8 Å². The van der Waals surface area contributed by atoms with Crippen molar-refractivity contribution in [2.45, 2.75) is 39.2 Å². The van der Waals surface area contributed by atoms with E-state index in [0.717, 1.165) is 16.4 Å². The monoisotopic (exact) mass is 275 g/mol. The smallest absolute Gasteiger partial charge is 0.133 e. The third-order valence-corrected chi connectivity index (χ3v) is 4.69. The Kier molecular flexibility index (Phi) is 4.66. The molecule has 19 heavy (non-hydrogen) atoms. The molecular formula is C15H21N3S. The molecule has 0 radical (unpaired) electrons. The minimum atomic E-state index is -0.0420. The Morgan fingerprint density at radius 3 is 2.26 bits per heavy atom. The van der Waals surface area contributed by atoms with Crippen molar-refractivity contribution >= 4 is 11.3 Å². The molecule has 0 spiro atoms. The summed E-state index contributed by atoms with van der Waals surface area (Å²) in [6, 6.07) is 10.5. The van der Waals surface area contributed by atoms with E-state index in [1.165, 1.54) is 5.56 Å². The van der Waals surface area contributed by atoms with Crippen molar-refractivity contribution in [2.24, 2.45) is 11.7 Å². The van der Waals surface area contributed by atoms with E-state index in [9.17, 15) is 0 Å². The van der Waals surface area contributed by atoms with Crippen molar-refractivity contribution in [3.05, 3.63) is 45.9 Å². The molecule has 0 amide bonds. The van der Waals surface area contributed by atoms with Gasteiger partial charge in [-0.3, -0.25) is 0 Å². The van der Waals surface area contributed by atoms with Crippen LogP contribution in [0.5, 0.6) is 0 Å². The van der Waals surface area contributed by atoms with Crippen molar-refractivity contribution in [2.75, 3.05) is 0 Å². The van der Waals surface area contributed by atoms with Crippen LogP contribution in [0.25, 0.3) is 0 Å². The van der Waals surface area contributed by atoms with E-state index in [-0.39, 0.29) is 6.04 Å². The van der Waals surface area contributed by atoms with E-state index in [1.54, 1.807) is 11.3 Å². The van der Waals surface area contributed by atoms with Crippen LogP contribution in [0.1, 0.15) is 54.7 Å². The van der Waals surface area contributed by atoms with Crippen molar-refractivity contribution < 1.29 is 0 Å². The molecule has 3 atom stereocenters. The number of aromatic nitrogens is 2. The number of benzene rings is 1. The molecule has 3 unspecified atom stereocenters. The molecular weight excluding hydrogens is 254 g/mol. The van der Waals surface area contributed by atoms with E-state index >= 15 is 0 Å². The first-order valence-corrected chi connectivity index (χ1v) is 7.59. The zero-order chi connectivity index (χ0) is 13.8. The van der Waals surface area contributed by atoms with Gasteiger partial charge in [-0.25, -0.2) is 0 Å². The summed E-state index contributed by atoms with van der Waals surface area (Å²) >= 11 is 1.64. The van der Waals surface area contributed by atoms with Gasteiger partial charge in [-0.2, -0.15) is 0 Å². The summed E-state index contributed by atoms with van der Waals surface area (Å²) in [6.45, 7) is 6.43. The first-order chi connectivity index (χ1) is 9.13. The molecule has 0 aliphatic rings. The first kappa shape index (κ1) is 14.2. The number of nitrogens with two attached hydrogens (primary N) is 1. The van der Waals surface area contributed by atoms with Crippen LogP contribution in [0.4, 0.5) is 0 Å². The van der Waals surface area contributed by atoms with Gasteiger partial charge in [0.25, 0.3) is 0 Å². The molecule has 0 saturated heterocycles. The summed E-state index contributed by atoms with van der Waals surface area (Å²) in [5.41, 5.74) is 7.19. The standard InChI is InChI=1S/C15H21N3S/c1-4-10(2)13(12-8-6-5-7-9-12)15-18-17-14(19-15)11(3)16/h5-11,13H,4,16H2,1-3H3. The Hall–Kier alpha value is -1.26. The predicted molar refractivity (Wildman–Crippen MR) is 80.3 cm³/mol. The maximum absolute atomic E-state index is 5.88. The lowest BCUT2D eigenvalue weighted by molar-refractivity contribution is 0.492. The van der Waals surface area contributed by atoms with E-state index in [4.69, 9.17) is 5.73 Å². The molecule has 2 aromatic rings. The summed E-state index contributed by atoms with van der Waals surface area (Å²) in [6.07, 6.45) is 1.12. The largest absolute Gasteiger partial charge is 0.322 e.